The molecule has 1 aromatic heterocycles. The van der Waals surface area contributed by atoms with Crippen LogP contribution in [-0.2, 0) is 11.3 Å². The average Bonchev–Trinajstić information content (AvgIpc) is 3.20. The van der Waals surface area contributed by atoms with Gasteiger partial charge in [-0.2, -0.15) is 0 Å². The van der Waals surface area contributed by atoms with Gasteiger partial charge in [-0.15, -0.1) is 0 Å². The van der Waals surface area contributed by atoms with Crippen molar-refractivity contribution < 1.29 is 4.79 Å². The number of rotatable bonds is 6. The lowest BCUT2D eigenvalue weighted by atomic mass is 10.0. The predicted octanol–water partition coefficient (Wildman–Crippen LogP) is 4.13. The molecule has 6 heteroatoms. The number of anilines is 1. The van der Waals surface area contributed by atoms with Crippen molar-refractivity contribution in [3.63, 3.8) is 0 Å². The summed E-state index contributed by atoms with van der Waals surface area (Å²) in [7, 11) is 1.95. The number of fused-ring (bicyclic) bond motifs is 1. The number of likely N-dealkylation sites (tertiary alicyclic amines) is 1. The zero-order valence-corrected chi connectivity index (χ0v) is 18.8. The molecule has 2 heterocycles. The number of piperidine rings is 1. The molecule has 2 aromatic carbocycles. The molecule has 0 radical (unpaired) electrons. The van der Waals surface area contributed by atoms with Gasteiger partial charge in [0.25, 0.3) is 0 Å². The van der Waals surface area contributed by atoms with E-state index in [0.717, 1.165) is 43.1 Å². The lowest BCUT2D eigenvalue weighted by molar-refractivity contribution is -0.120. The molecule has 0 unspecified atom stereocenters. The van der Waals surface area contributed by atoms with Crippen molar-refractivity contribution in [2.45, 2.75) is 39.3 Å². The number of thiazole rings is 1. The number of hydrogen-bond acceptors (Lipinski definition) is 5. The molecule has 4 rings (SSSR count). The summed E-state index contributed by atoms with van der Waals surface area (Å²) in [5, 5.41) is 4.13. The van der Waals surface area contributed by atoms with Gasteiger partial charge in [-0.05, 0) is 43.4 Å². The Balaban J connectivity index is 1.28. The zero-order valence-electron chi connectivity index (χ0n) is 18.0. The normalized spacial score (nSPS) is 15.4. The first-order valence-electron chi connectivity index (χ1n) is 10.6. The highest BCUT2D eigenvalue weighted by molar-refractivity contribution is 7.22. The summed E-state index contributed by atoms with van der Waals surface area (Å²) in [6, 6.07) is 15.1. The van der Waals surface area contributed by atoms with Gasteiger partial charge in [0.2, 0.25) is 5.91 Å². The van der Waals surface area contributed by atoms with Gasteiger partial charge in [0.05, 0.1) is 16.8 Å². The summed E-state index contributed by atoms with van der Waals surface area (Å²) in [6.07, 6.45) is 2.00. The van der Waals surface area contributed by atoms with Crippen LogP contribution in [0, 0.1) is 13.8 Å². The van der Waals surface area contributed by atoms with Gasteiger partial charge in [-0.25, -0.2) is 4.98 Å². The molecule has 1 saturated heterocycles. The molecule has 0 saturated carbocycles. The number of aromatic nitrogens is 1. The molecule has 158 valence electrons. The molecule has 0 atom stereocenters. The molecule has 0 aliphatic carbocycles. The van der Waals surface area contributed by atoms with Crippen LogP contribution in [-0.4, -0.2) is 48.5 Å². The molecule has 0 bridgehead atoms. The molecule has 5 nitrogen and oxygen atoms in total. The fourth-order valence-corrected chi connectivity index (χ4v) is 5.12. The second-order valence-electron chi connectivity index (χ2n) is 8.33. The van der Waals surface area contributed by atoms with Crippen LogP contribution in [0.15, 0.2) is 42.5 Å². The number of nitrogens with zero attached hydrogens (tertiary/aromatic N) is 3. The third kappa shape index (κ3) is 4.82. The highest BCUT2D eigenvalue weighted by Gasteiger charge is 2.22. The van der Waals surface area contributed by atoms with E-state index < -0.39 is 0 Å². The highest BCUT2D eigenvalue weighted by Crippen LogP contribution is 2.32. The lowest BCUT2D eigenvalue weighted by Crippen LogP contribution is -2.46. The van der Waals surface area contributed by atoms with Crippen LogP contribution in [0.1, 0.15) is 29.5 Å². The highest BCUT2D eigenvalue weighted by atomic mass is 32.1. The second kappa shape index (κ2) is 9.14. The van der Waals surface area contributed by atoms with E-state index in [4.69, 9.17) is 4.98 Å². The van der Waals surface area contributed by atoms with Crippen LogP contribution >= 0.6 is 11.3 Å². The van der Waals surface area contributed by atoms with Crippen molar-refractivity contribution in [1.82, 2.24) is 15.2 Å². The van der Waals surface area contributed by atoms with Gasteiger partial charge >= 0.3 is 0 Å². The summed E-state index contributed by atoms with van der Waals surface area (Å²) in [6.45, 7) is 7.56. The summed E-state index contributed by atoms with van der Waals surface area (Å²) < 4.78 is 1.21. The van der Waals surface area contributed by atoms with Gasteiger partial charge in [0.1, 0.15) is 0 Å². The fraction of sp³-hybridized carbons (Fsp3) is 0.417. The zero-order chi connectivity index (χ0) is 21.1. The molecule has 1 fully saturated rings. The maximum absolute atomic E-state index is 12.6. The lowest BCUT2D eigenvalue weighted by Gasteiger charge is -2.32. The van der Waals surface area contributed by atoms with E-state index in [1.54, 1.807) is 11.3 Å². The third-order valence-electron chi connectivity index (χ3n) is 5.84. The van der Waals surface area contributed by atoms with E-state index in [0.29, 0.717) is 6.54 Å². The molecule has 1 aliphatic heterocycles. The topological polar surface area (TPSA) is 48.5 Å². The van der Waals surface area contributed by atoms with Gasteiger partial charge in [0.15, 0.2) is 5.13 Å². The first-order chi connectivity index (χ1) is 14.5. The second-order valence-corrected chi connectivity index (χ2v) is 9.31. The minimum absolute atomic E-state index is 0.0757. The monoisotopic (exact) mass is 422 g/mol. The number of aryl methyl sites for hydroxylation is 2. The minimum atomic E-state index is 0.0757. The summed E-state index contributed by atoms with van der Waals surface area (Å²) in [5.74, 6) is 0.0757. The molecule has 1 N–H and O–H groups in total. The number of benzene rings is 2. The van der Waals surface area contributed by atoms with Crippen molar-refractivity contribution in [1.29, 1.82) is 0 Å². The summed E-state index contributed by atoms with van der Waals surface area (Å²) in [5.41, 5.74) is 4.81. The molecule has 30 heavy (non-hydrogen) atoms. The van der Waals surface area contributed by atoms with Crippen LogP contribution in [0.2, 0.25) is 0 Å². The van der Waals surface area contributed by atoms with Crippen LogP contribution in [0.25, 0.3) is 10.2 Å². The summed E-state index contributed by atoms with van der Waals surface area (Å²) in [4.78, 5) is 21.8. The van der Waals surface area contributed by atoms with Crippen molar-refractivity contribution >= 4 is 32.6 Å². The number of carbonyl (C=O) groups excluding carboxylic acids is 1. The number of nitrogens with one attached hydrogen (secondary N) is 1. The molecule has 0 spiro atoms. The Morgan fingerprint density at radius 3 is 2.53 bits per heavy atom. The Kier molecular flexibility index (Phi) is 6.35. The molecule has 1 aliphatic rings. The minimum Gasteiger partial charge on any atom is -0.352 e. The van der Waals surface area contributed by atoms with Crippen LogP contribution in [0.5, 0.6) is 0 Å². The average molecular weight is 423 g/mol. The Morgan fingerprint density at radius 1 is 1.13 bits per heavy atom. The van der Waals surface area contributed by atoms with Gasteiger partial charge in [0, 0.05) is 32.7 Å². The number of likely N-dealkylation sites (N-methyl/N-ethyl adjacent to an activating group) is 1. The summed E-state index contributed by atoms with van der Waals surface area (Å²) >= 11 is 1.66. The number of amides is 1. The van der Waals surface area contributed by atoms with Crippen LogP contribution < -0.4 is 10.2 Å². The van der Waals surface area contributed by atoms with Gasteiger partial charge in [-0.3, -0.25) is 9.69 Å². The predicted molar refractivity (Wildman–Crippen MR) is 125 cm³/mol. The van der Waals surface area contributed by atoms with E-state index >= 15 is 0 Å². The van der Waals surface area contributed by atoms with Crippen LogP contribution in [0.3, 0.4) is 0 Å². The molecule has 1 amide bonds. The molecule has 3 aromatic rings. The van der Waals surface area contributed by atoms with E-state index in [1.165, 1.54) is 21.4 Å². The van der Waals surface area contributed by atoms with Crippen molar-refractivity contribution in [2.75, 3.05) is 31.6 Å². The Labute approximate surface area is 182 Å². The quantitative estimate of drug-likeness (QED) is 0.649. The van der Waals surface area contributed by atoms with Crippen molar-refractivity contribution in [2.24, 2.45) is 0 Å². The standard InChI is InChI=1S/C24H30N4OS/c1-17-9-10-18(2)23-22(17)26-24(30-23)27(3)16-21(29)25-20-11-13-28(14-12-20)15-19-7-5-4-6-8-19/h4-10,20H,11-16H2,1-3H3,(H,25,29). The van der Waals surface area contributed by atoms with E-state index in [9.17, 15) is 4.79 Å². The van der Waals surface area contributed by atoms with E-state index in [-0.39, 0.29) is 11.9 Å². The Hall–Kier alpha value is -2.44. The SMILES string of the molecule is Cc1ccc(C)c2sc(N(C)CC(=O)NC3CCN(Cc4ccccc4)CC3)nc12. The maximum atomic E-state index is 12.6. The number of carbonyl (C=O) groups is 1. The van der Waals surface area contributed by atoms with Crippen LogP contribution in [0.4, 0.5) is 5.13 Å². The molecular weight excluding hydrogens is 392 g/mol. The number of hydrogen-bond donors (Lipinski definition) is 1. The van der Waals surface area contributed by atoms with Gasteiger partial charge < -0.3 is 10.2 Å². The largest absolute Gasteiger partial charge is 0.352 e. The van der Waals surface area contributed by atoms with E-state index in [1.807, 2.05) is 11.9 Å². The fourth-order valence-electron chi connectivity index (χ4n) is 4.04. The maximum Gasteiger partial charge on any atom is 0.239 e. The van der Waals surface area contributed by atoms with Gasteiger partial charge in [-0.1, -0.05) is 53.8 Å². The first kappa shape index (κ1) is 20.8. The first-order valence-corrected chi connectivity index (χ1v) is 11.4. The third-order valence-corrected chi connectivity index (χ3v) is 7.14. The molecular formula is C24H30N4OS. The van der Waals surface area contributed by atoms with Crippen molar-refractivity contribution in [3.05, 3.63) is 59.2 Å². The van der Waals surface area contributed by atoms with E-state index in [2.05, 4.69) is 66.5 Å². The Bertz CT molecular complexity index is 970. The van der Waals surface area contributed by atoms with Crippen molar-refractivity contribution in [3.8, 4) is 0 Å². The Morgan fingerprint density at radius 2 is 1.83 bits per heavy atom. The smallest absolute Gasteiger partial charge is 0.239 e.